The van der Waals surface area contributed by atoms with Crippen molar-refractivity contribution in [1.29, 1.82) is 0 Å². The lowest BCUT2D eigenvalue weighted by Gasteiger charge is -2.15. The molecule has 1 unspecified atom stereocenters. The topological polar surface area (TPSA) is 88.5 Å². The first-order valence-corrected chi connectivity index (χ1v) is 5.71. The van der Waals surface area contributed by atoms with E-state index in [2.05, 4.69) is 10.3 Å². The van der Waals surface area contributed by atoms with Crippen LogP contribution in [0.3, 0.4) is 0 Å². The van der Waals surface area contributed by atoms with Gasteiger partial charge >= 0.3 is 11.9 Å². The molecule has 1 atom stereocenters. The van der Waals surface area contributed by atoms with Gasteiger partial charge in [0.05, 0.1) is 6.61 Å². The van der Waals surface area contributed by atoms with Gasteiger partial charge in [0.25, 0.3) is 0 Å². The lowest BCUT2D eigenvalue weighted by molar-refractivity contribution is -0.137. The zero-order valence-corrected chi connectivity index (χ0v) is 10.3. The minimum absolute atomic E-state index is 0.227. The molecule has 0 aromatic carbocycles. The number of rotatable bonds is 6. The molecule has 1 aromatic rings. The molecule has 1 heterocycles. The third kappa shape index (κ3) is 3.44. The first-order chi connectivity index (χ1) is 8.60. The molecule has 0 amide bonds. The number of anilines is 1. The first-order valence-electron chi connectivity index (χ1n) is 5.71. The normalized spacial score (nSPS) is 11.7. The average Bonchev–Trinajstić information content (AvgIpc) is 2.36. The molecule has 0 aliphatic heterocycles. The van der Waals surface area contributed by atoms with E-state index in [1.54, 1.807) is 26.0 Å². The number of esters is 1. The maximum atomic E-state index is 11.7. The lowest BCUT2D eigenvalue weighted by atomic mass is 10.2. The van der Waals surface area contributed by atoms with Crippen LogP contribution in [0.4, 0.5) is 5.82 Å². The summed E-state index contributed by atoms with van der Waals surface area (Å²) in [6.45, 7) is 3.69. The summed E-state index contributed by atoms with van der Waals surface area (Å²) in [4.78, 5) is 26.6. The molecule has 0 fully saturated rings. The summed E-state index contributed by atoms with van der Waals surface area (Å²) >= 11 is 0. The van der Waals surface area contributed by atoms with Gasteiger partial charge in [-0.25, -0.2) is 14.6 Å². The van der Waals surface area contributed by atoms with Crippen LogP contribution in [0.25, 0.3) is 0 Å². The number of carboxylic acids is 1. The van der Waals surface area contributed by atoms with Gasteiger partial charge in [-0.3, -0.25) is 0 Å². The summed E-state index contributed by atoms with van der Waals surface area (Å²) in [5, 5.41) is 11.7. The quantitative estimate of drug-likeness (QED) is 0.746. The monoisotopic (exact) mass is 252 g/mol. The van der Waals surface area contributed by atoms with Crippen LogP contribution in [0.2, 0.25) is 0 Å². The van der Waals surface area contributed by atoms with Gasteiger partial charge in [0.1, 0.15) is 17.4 Å². The Morgan fingerprint density at radius 2 is 2.22 bits per heavy atom. The van der Waals surface area contributed by atoms with Gasteiger partial charge in [-0.2, -0.15) is 0 Å². The van der Waals surface area contributed by atoms with Crippen LogP contribution >= 0.6 is 0 Å². The fraction of sp³-hybridized carbons (Fsp3) is 0.417. The predicted molar refractivity (Wildman–Crippen MR) is 65.5 cm³/mol. The average molecular weight is 252 g/mol. The van der Waals surface area contributed by atoms with Gasteiger partial charge in [0.15, 0.2) is 0 Å². The highest BCUT2D eigenvalue weighted by Gasteiger charge is 2.19. The van der Waals surface area contributed by atoms with E-state index < -0.39 is 18.0 Å². The van der Waals surface area contributed by atoms with Crippen molar-refractivity contribution in [3.05, 3.63) is 23.9 Å². The molecule has 0 aliphatic rings. The Labute approximate surface area is 105 Å². The highest BCUT2D eigenvalue weighted by Crippen LogP contribution is 2.15. The second-order valence-electron chi connectivity index (χ2n) is 3.56. The number of carbonyl (C=O) groups is 2. The third-order valence-corrected chi connectivity index (χ3v) is 2.32. The van der Waals surface area contributed by atoms with E-state index in [1.807, 2.05) is 0 Å². The van der Waals surface area contributed by atoms with Crippen LogP contribution in [0.1, 0.15) is 30.6 Å². The molecule has 0 saturated carbocycles. The largest absolute Gasteiger partial charge is 0.480 e. The summed E-state index contributed by atoms with van der Waals surface area (Å²) in [5.41, 5.74) is 0.235. The van der Waals surface area contributed by atoms with E-state index in [1.165, 1.54) is 6.20 Å². The smallest absolute Gasteiger partial charge is 0.341 e. The number of aromatic nitrogens is 1. The van der Waals surface area contributed by atoms with E-state index in [0.29, 0.717) is 6.42 Å². The lowest BCUT2D eigenvalue weighted by Crippen LogP contribution is -2.29. The maximum absolute atomic E-state index is 11.7. The second kappa shape index (κ2) is 6.58. The second-order valence-corrected chi connectivity index (χ2v) is 3.56. The number of nitrogens with one attached hydrogen (secondary N) is 1. The van der Waals surface area contributed by atoms with E-state index in [-0.39, 0.29) is 18.0 Å². The Balaban J connectivity index is 2.94. The molecule has 18 heavy (non-hydrogen) atoms. The van der Waals surface area contributed by atoms with Crippen LogP contribution < -0.4 is 5.32 Å². The number of hydrogen-bond donors (Lipinski definition) is 2. The molecule has 1 aromatic heterocycles. The Morgan fingerprint density at radius 3 is 2.78 bits per heavy atom. The molecule has 1 rings (SSSR count). The van der Waals surface area contributed by atoms with Gasteiger partial charge in [-0.05, 0) is 25.5 Å². The van der Waals surface area contributed by atoms with Crippen LogP contribution in [0.15, 0.2) is 18.3 Å². The van der Waals surface area contributed by atoms with Crippen molar-refractivity contribution in [2.24, 2.45) is 0 Å². The fourth-order valence-electron chi connectivity index (χ4n) is 1.40. The molecule has 0 spiro atoms. The molecular weight excluding hydrogens is 236 g/mol. The highest BCUT2D eigenvalue weighted by molar-refractivity contribution is 5.95. The fourth-order valence-corrected chi connectivity index (χ4v) is 1.40. The maximum Gasteiger partial charge on any atom is 0.341 e. The zero-order valence-electron chi connectivity index (χ0n) is 10.3. The van der Waals surface area contributed by atoms with Gasteiger partial charge < -0.3 is 15.2 Å². The number of carbonyl (C=O) groups excluding carboxylic acids is 1. The molecule has 6 nitrogen and oxygen atoms in total. The number of carboxylic acid groups (broad SMARTS) is 1. The number of aliphatic carboxylic acids is 1. The molecule has 0 saturated heterocycles. The SMILES string of the molecule is CCOC(=O)c1cccnc1NC(CC)C(=O)O. The molecule has 2 N–H and O–H groups in total. The molecule has 0 bridgehead atoms. The summed E-state index contributed by atoms with van der Waals surface area (Å²) in [6.07, 6.45) is 1.87. The van der Waals surface area contributed by atoms with Crippen molar-refractivity contribution in [1.82, 2.24) is 4.98 Å². The van der Waals surface area contributed by atoms with E-state index >= 15 is 0 Å². The molecule has 0 radical (unpaired) electrons. The van der Waals surface area contributed by atoms with Crippen molar-refractivity contribution in [2.75, 3.05) is 11.9 Å². The molecular formula is C12H16N2O4. The predicted octanol–water partition coefficient (Wildman–Crippen LogP) is 1.53. The standard InChI is InChI=1S/C12H16N2O4/c1-3-9(11(15)16)14-10-8(6-5-7-13-10)12(17)18-4-2/h5-7,9H,3-4H2,1-2H3,(H,13,14)(H,15,16). The van der Waals surface area contributed by atoms with Crippen molar-refractivity contribution >= 4 is 17.8 Å². The van der Waals surface area contributed by atoms with E-state index in [9.17, 15) is 9.59 Å². The van der Waals surface area contributed by atoms with Crippen LogP contribution in [-0.4, -0.2) is 34.7 Å². The van der Waals surface area contributed by atoms with Crippen molar-refractivity contribution in [3.8, 4) is 0 Å². The number of pyridine rings is 1. The molecule has 98 valence electrons. The summed E-state index contributed by atoms with van der Waals surface area (Å²) in [7, 11) is 0. The first kappa shape index (κ1) is 14.0. The van der Waals surface area contributed by atoms with Crippen molar-refractivity contribution in [3.63, 3.8) is 0 Å². The Kier molecular flexibility index (Phi) is 5.10. The van der Waals surface area contributed by atoms with Gasteiger partial charge in [-0.1, -0.05) is 6.92 Å². The van der Waals surface area contributed by atoms with Gasteiger partial charge in [0.2, 0.25) is 0 Å². The highest BCUT2D eigenvalue weighted by atomic mass is 16.5. The number of hydrogen-bond acceptors (Lipinski definition) is 5. The Hall–Kier alpha value is -2.11. The van der Waals surface area contributed by atoms with Crippen molar-refractivity contribution < 1.29 is 19.4 Å². The molecule has 6 heteroatoms. The van der Waals surface area contributed by atoms with E-state index in [4.69, 9.17) is 9.84 Å². The third-order valence-electron chi connectivity index (χ3n) is 2.32. The van der Waals surface area contributed by atoms with E-state index in [0.717, 1.165) is 0 Å². The molecule has 0 aliphatic carbocycles. The van der Waals surface area contributed by atoms with Gasteiger partial charge in [0, 0.05) is 6.20 Å². The van der Waals surface area contributed by atoms with Crippen LogP contribution in [0, 0.1) is 0 Å². The van der Waals surface area contributed by atoms with Crippen LogP contribution in [-0.2, 0) is 9.53 Å². The van der Waals surface area contributed by atoms with Gasteiger partial charge in [-0.15, -0.1) is 0 Å². The minimum Gasteiger partial charge on any atom is -0.480 e. The summed E-state index contributed by atoms with van der Waals surface area (Å²) < 4.78 is 4.88. The number of nitrogens with zero attached hydrogens (tertiary/aromatic N) is 1. The minimum atomic E-state index is -0.988. The number of ether oxygens (including phenoxy) is 1. The zero-order chi connectivity index (χ0) is 13.5. The Morgan fingerprint density at radius 1 is 1.50 bits per heavy atom. The summed E-state index contributed by atoms with van der Waals surface area (Å²) in [5.74, 6) is -1.28. The summed E-state index contributed by atoms with van der Waals surface area (Å²) in [6, 6.07) is 2.36. The Bertz CT molecular complexity index is 434. The van der Waals surface area contributed by atoms with Crippen LogP contribution in [0.5, 0.6) is 0 Å². The van der Waals surface area contributed by atoms with Crippen molar-refractivity contribution in [2.45, 2.75) is 26.3 Å².